The van der Waals surface area contributed by atoms with Crippen LogP contribution in [0, 0.1) is 5.39 Å². The number of phenolic OH excluding ortho intramolecular Hbond substituents is 1. The van der Waals surface area contributed by atoms with Crippen LogP contribution in [-0.2, 0) is 15.5 Å². The summed E-state index contributed by atoms with van der Waals surface area (Å²) in [6, 6.07) is 25.2. The van der Waals surface area contributed by atoms with E-state index in [-0.39, 0.29) is 38.3 Å². The molecule has 0 spiro atoms. The fourth-order valence-corrected chi connectivity index (χ4v) is 6.23. The number of benzene rings is 4. The smallest absolute Gasteiger partial charge is 0.428 e. The third kappa shape index (κ3) is 3.66. The Labute approximate surface area is 198 Å². The molecule has 0 heterocycles. The Morgan fingerprint density at radius 1 is 0.824 bits per heavy atom. The molecule has 0 saturated heterocycles. The van der Waals surface area contributed by atoms with Crippen LogP contribution in [0.5, 0.6) is 11.5 Å². The van der Waals surface area contributed by atoms with Gasteiger partial charge in [0, 0.05) is 16.2 Å². The van der Waals surface area contributed by atoms with Crippen molar-refractivity contribution in [3.63, 3.8) is 0 Å². The summed E-state index contributed by atoms with van der Waals surface area (Å²) in [4.78, 5) is 2.84. The van der Waals surface area contributed by atoms with Gasteiger partial charge in [0.05, 0.1) is 6.07 Å². The lowest BCUT2D eigenvalue weighted by molar-refractivity contribution is 0.482. The van der Waals surface area contributed by atoms with Gasteiger partial charge in [0.15, 0.2) is 4.98 Å². The van der Waals surface area contributed by atoms with Gasteiger partial charge < -0.3 is 9.29 Å². The summed E-state index contributed by atoms with van der Waals surface area (Å²) in [5.74, 6) is -0.117. The third-order valence-corrected chi connectivity index (χ3v) is 8.02. The highest BCUT2D eigenvalue weighted by atomic mass is 32.2. The van der Waals surface area contributed by atoms with Crippen LogP contribution in [0.2, 0.25) is 0 Å². The Kier molecular flexibility index (Phi) is 5.46. The maximum atomic E-state index is 13.2. The van der Waals surface area contributed by atoms with Gasteiger partial charge in [-0.1, -0.05) is 79.6 Å². The van der Waals surface area contributed by atoms with Crippen molar-refractivity contribution in [2.45, 2.75) is 36.0 Å². The molecular weight excluding hydrogens is 448 g/mol. The van der Waals surface area contributed by atoms with E-state index in [2.05, 4.69) is 17.1 Å². The fourth-order valence-electron chi connectivity index (χ4n) is 5.08. The summed E-state index contributed by atoms with van der Waals surface area (Å²) in [5, 5.41) is 20.1. The van der Waals surface area contributed by atoms with Crippen molar-refractivity contribution in [3.8, 4) is 11.5 Å². The fraction of sp³-hybridized carbons (Fsp3) is 0.185. The predicted octanol–water partition coefficient (Wildman–Crippen LogP) is 6.66. The first kappa shape index (κ1) is 21.9. The molecule has 0 aromatic heterocycles. The van der Waals surface area contributed by atoms with E-state index in [4.69, 9.17) is 4.18 Å². The Balaban J connectivity index is 1.51. The van der Waals surface area contributed by atoms with Crippen LogP contribution in [0.25, 0.3) is 15.7 Å². The first-order chi connectivity index (χ1) is 16.4. The first-order valence-corrected chi connectivity index (χ1v) is 12.6. The second kappa shape index (κ2) is 8.47. The minimum atomic E-state index is -4.27. The molecule has 4 aromatic rings. The van der Waals surface area contributed by atoms with Crippen LogP contribution in [-0.4, -0.2) is 13.5 Å². The number of diazo groups is 1. The van der Waals surface area contributed by atoms with Gasteiger partial charge in [0.2, 0.25) is 11.1 Å². The van der Waals surface area contributed by atoms with Crippen molar-refractivity contribution in [3.05, 3.63) is 101 Å². The zero-order valence-electron chi connectivity index (χ0n) is 18.4. The highest BCUT2D eigenvalue weighted by Crippen LogP contribution is 2.47. The van der Waals surface area contributed by atoms with Crippen molar-refractivity contribution < 1.29 is 17.7 Å². The van der Waals surface area contributed by atoms with Gasteiger partial charge in [-0.15, -0.1) is 0 Å². The van der Waals surface area contributed by atoms with Gasteiger partial charge in [-0.05, 0) is 36.1 Å². The summed E-state index contributed by atoms with van der Waals surface area (Å²) in [6.45, 7) is 0. The molecule has 0 bridgehead atoms. The lowest BCUT2D eigenvalue weighted by atomic mass is 9.73. The minimum Gasteiger partial charge on any atom is -0.501 e. The van der Waals surface area contributed by atoms with Crippen LogP contribution >= 0.6 is 0 Å². The molecule has 1 saturated carbocycles. The number of fused-ring (bicyclic) bond motifs is 1. The molecule has 170 valence electrons. The molecule has 1 aliphatic carbocycles. The number of hydrogen-bond acceptors (Lipinski definition) is 5. The molecule has 0 atom stereocenters. The van der Waals surface area contributed by atoms with Crippen LogP contribution in [0.15, 0.2) is 89.8 Å². The molecule has 34 heavy (non-hydrogen) atoms. The van der Waals surface area contributed by atoms with Crippen LogP contribution in [0.3, 0.4) is 0 Å². The largest absolute Gasteiger partial charge is 0.501 e. The average Bonchev–Trinajstić information content (AvgIpc) is 3.36. The summed E-state index contributed by atoms with van der Waals surface area (Å²) in [7, 11) is -4.27. The average molecular weight is 472 g/mol. The zero-order valence-corrected chi connectivity index (χ0v) is 19.2. The predicted molar refractivity (Wildman–Crippen MR) is 130 cm³/mol. The molecule has 5 rings (SSSR count). The van der Waals surface area contributed by atoms with Gasteiger partial charge in [0.25, 0.3) is 0 Å². The van der Waals surface area contributed by atoms with Gasteiger partial charge in [-0.3, -0.25) is 0 Å². The summed E-state index contributed by atoms with van der Waals surface area (Å²) in [5.41, 5.74) is 2.08. The van der Waals surface area contributed by atoms with Gasteiger partial charge in [-0.2, -0.15) is 8.42 Å². The standard InChI is InChI=1S/C27H22N2O4S/c28-29-24-18-25(22-10-4-5-11-23(22)26(24)30)34(31,32)33-21-14-12-20(13-15-21)27(16-6-7-17-27)19-8-2-1-3-9-19/h1-5,8-15,18H,6-7,16-17H2/p+1. The monoisotopic (exact) mass is 471 g/mol. The van der Waals surface area contributed by atoms with Crippen molar-refractivity contribution >= 4 is 26.6 Å². The van der Waals surface area contributed by atoms with Gasteiger partial charge in [-0.25, -0.2) is 0 Å². The van der Waals surface area contributed by atoms with Gasteiger partial charge >= 0.3 is 15.8 Å². The van der Waals surface area contributed by atoms with E-state index in [1.54, 1.807) is 36.4 Å². The van der Waals surface area contributed by atoms with E-state index in [0.29, 0.717) is 0 Å². The zero-order chi connectivity index (χ0) is 23.8. The summed E-state index contributed by atoms with van der Waals surface area (Å²) >= 11 is 0. The van der Waals surface area contributed by atoms with E-state index in [0.717, 1.165) is 37.3 Å². The van der Waals surface area contributed by atoms with E-state index < -0.39 is 10.1 Å². The molecule has 0 unspecified atom stereocenters. The maximum absolute atomic E-state index is 13.2. The normalized spacial score (nSPS) is 15.1. The topological polar surface area (TPSA) is 91.8 Å². The van der Waals surface area contributed by atoms with Crippen molar-refractivity contribution in [2.24, 2.45) is 0 Å². The Morgan fingerprint density at radius 2 is 1.41 bits per heavy atom. The molecule has 1 fully saturated rings. The molecule has 1 N–H and O–H groups in total. The first-order valence-electron chi connectivity index (χ1n) is 11.1. The van der Waals surface area contributed by atoms with Crippen LogP contribution < -0.4 is 4.18 Å². The molecular formula is C27H23N2O4S+. The van der Waals surface area contributed by atoms with Crippen molar-refractivity contribution in [1.29, 1.82) is 5.39 Å². The Hall–Kier alpha value is -3.89. The number of phenols is 1. The molecule has 1 aliphatic rings. The van der Waals surface area contributed by atoms with Crippen LogP contribution in [0.1, 0.15) is 36.8 Å². The number of aromatic hydroxyl groups is 1. The lowest BCUT2D eigenvalue weighted by Gasteiger charge is -2.30. The maximum Gasteiger partial charge on any atom is 0.428 e. The van der Waals surface area contributed by atoms with Crippen LogP contribution in [0.4, 0.5) is 5.69 Å². The van der Waals surface area contributed by atoms with E-state index in [9.17, 15) is 18.9 Å². The molecule has 0 radical (unpaired) electrons. The van der Waals surface area contributed by atoms with E-state index in [1.807, 2.05) is 30.3 Å². The highest BCUT2D eigenvalue weighted by molar-refractivity contribution is 7.87. The molecule has 0 aliphatic heterocycles. The van der Waals surface area contributed by atoms with E-state index >= 15 is 0 Å². The number of hydrogen-bond donors (Lipinski definition) is 1. The third-order valence-electron chi connectivity index (χ3n) is 6.73. The summed E-state index contributed by atoms with van der Waals surface area (Å²) < 4.78 is 31.8. The number of rotatable bonds is 5. The summed E-state index contributed by atoms with van der Waals surface area (Å²) in [6.07, 6.45) is 4.38. The van der Waals surface area contributed by atoms with Crippen molar-refractivity contribution in [2.75, 3.05) is 0 Å². The second-order valence-corrected chi connectivity index (χ2v) is 10.1. The minimum absolute atomic E-state index is 0.0800. The molecule has 0 amide bonds. The lowest BCUT2D eigenvalue weighted by Crippen LogP contribution is -2.23. The molecule has 7 heteroatoms. The SMILES string of the molecule is N#[N+]c1cc(S(=O)(=O)Oc2ccc(C3(c4ccccc4)CCCC3)cc2)c2ccccc2c1O. The molecule has 4 aromatic carbocycles. The van der Waals surface area contributed by atoms with Crippen molar-refractivity contribution in [1.82, 2.24) is 0 Å². The Morgan fingerprint density at radius 3 is 2.06 bits per heavy atom. The number of nitrogens with zero attached hydrogens (tertiary/aromatic N) is 2. The highest BCUT2D eigenvalue weighted by Gasteiger charge is 2.37. The quantitative estimate of drug-likeness (QED) is 0.260. The van der Waals surface area contributed by atoms with E-state index in [1.165, 1.54) is 5.56 Å². The van der Waals surface area contributed by atoms with Gasteiger partial charge in [0.1, 0.15) is 10.6 Å². The Bertz CT molecular complexity index is 1500. The second-order valence-electron chi connectivity index (χ2n) is 8.61. The molecule has 6 nitrogen and oxygen atoms in total.